The summed E-state index contributed by atoms with van der Waals surface area (Å²) in [6.07, 6.45) is 10.6. The van der Waals surface area contributed by atoms with Gasteiger partial charge in [-0.1, -0.05) is 43.3 Å². The van der Waals surface area contributed by atoms with Crippen LogP contribution >= 0.6 is 0 Å². The SMILES string of the molecule is C[C@@]1(O)CC[C@H]2[C@H](CC[C@@H]3[C@@H]2CC[C@]2(C)[C@@H](C(=O)c4ccc5ccccc5c4)CC[C@@H]32)C1. The zero-order valence-corrected chi connectivity index (χ0v) is 19.7. The van der Waals surface area contributed by atoms with Crippen molar-refractivity contribution in [2.75, 3.05) is 0 Å². The van der Waals surface area contributed by atoms with Crippen LogP contribution in [0.3, 0.4) is 0 Å². The van der Waals surface area contributed by atoms with Gasteiger partial charge in [0.2, 0.25) is 0 Å². The minimum atomic E-state index is -0.443. The van der Waals surface area contributed by atoms with E-state index in [2.05, 4.69) is 49.4 Å². The zero-order chi connectivity index (χ0) is 22.1. The third kappa shape index (κ3) is 3.20. The molecule has 0 aliphatic heterocycles. The molecule has 4 aliphatic carbocycles. The predicted molar refractivity (Wildman–Crippen MR) is 130 cm³/mol. The summed E-state index contributed by atoms with van der Waals surface area (Å²) in [5, 5.41) is 13.0. The second-order valence-corrected chi connectivity index (χ2v) is 12.3. The lowest BCUT2D eigenvalue weighted by atomic mass is 9.49. The Balaban J connectivity index is 1.24. The molecule has 8 atom stereocenters. The van der Waals surface area contributed by atoms with E-state index >= 15 is 0 Å². The van der Waals surface area contributed by atoms with Crippen LogP contribution < -0.4 is 0 Å². The number of Topliss-reactive ketones (excluding diaryl/α,β-unsaturated/α-hetero) is 1. The van der Waals surface area contributed by atoms with E-state index in [-0.39, 0.29) is 11.3 Å². The number of carbonyl (C=O) groups excluding carboxylic acids is 1. The van der Waals surface area contributed by atoms with Gasteiger partial charge in [0.05, 0.1) is 5.60 Å². The Kier molecular flexibility index (Phi) is 4.85. The maximum absolute atomic E-state index is 13.8. The van der Waals surface area contributed by atoms with Gasteiger partial charge in [0.25, 0.3) is 0 Å². The smallest absolute Gasteiger partial charge is 0.166 e. The molecule has 1 N–H and O–H groups in total. The van der Waals surface area contributed by atoms with E-state index in [4.69, 9.17) is 0 Å². The van der Waals surface area contributed by atoms with Crippen LogP contribution in [0.5, 0.6) is 0 Å². The summed E-state index contributed by atoms with van der Waals surface area (Å²) in [5.74, 6) is 4.44. The van der Waals surface area contributed by atoms with Gasteiger partial charge in [0.15, 0.2) is 5.78 Å². The summed E-state index contributed by atoms with van der Waals surface area (Å²) < 4.78 is 0. The lowest BCUT2D eigenvalue weighted by molar-refractivity contribution is -0.0976. The maximum atomic E-state index is 13.8. The van der Waals surface area contributed by atoms with Gasteiger partial charge in [-0.25, -0.2) is 0 Å². The van der Waals surface area contributed by atoms with Crippen molar-refractivity contribution in [3.63, 3.8) is 0 Å². The van der Waals surface area contributed by atoms with Gasteiger partial charge in [-0.15, -0.1) is 0 Å². The first kappa shape index (κ1) is 20.9. The van der Waals surface area contributed by atoms with Gasteiger partial charge < -0.3 is 5.11 Å². The molecule has 170 valence electrons. The number of benzene rings is 2. The summed E-state index contributed by atoms with van der Waals surface area (Å²) in [7, 11) is 0. The molecule has 4 aliphatic rings. The summed E-state index contributed by atoms with van der Waals surface area (Å²) in [5.41, 5.74) is 0.634. The quantitative estimate of drug-likeness (QED) is 0.519. The third-order valence-electron chi connectivity index (χ3n) is 10.6. The molecular formula is C30H38O2. The van der Waals surface area contributed by atoms with E-state index in [9.17, 15) is 9.90 Å². The lowest BCUT2D eigenvalue weighted by Crippen LogP contribution is -2.51. The summed E-state index contributed by atoms with van der Waals surface area (Å²) >= 11 is 0. The molecular weight excluding hydrogens is 392 g/mol. The topological polar surface area (TPSA) is 37.3 Å². The first-order chi connectivity index (χ1) is 15.4. The van der Waals surface area contributed by atoms with Crippen LogP contribution in [0.15, 0.2) is 42.5 Å². The van der Waals surface area contributed by atoms with Gasteiger partial charge in [0.1, 0.15) is 0 Å². The number of hydrogen-bond donors (Lipinski definition) is 1. The van der Waals surface area contributed by atoms with E-state index in [1.807, 2.05) is 6.92 Å². The van der Waals surface area contributed by atoms with Crippen LogP contribution in [0.4, 0.5) is 0 Å². The molecule has 0 heterocycles. The fraction of sp³-hybridized carbons (Fsp3) is 0.633. The van der Waals surface area contributed by atoms with Crippen molar-refractivity contribution < 1.29 is 9.90 Å². The fourth-order valence-electron chi connectivity index (χ4n) is 9.06. The van der Waals surface area contributed by atoms with E-state index < -0.39 is 5.60 Å². The summed E-state index contributed by atoms with van der Waals surface area (Å²) in [6, 6.07) is 14.7. The minimum absolute atomic E-state index is 0.164. The van der Waals surface area contributed by atoms with Crippen LogP contribution in [-0.4, -0.2) is 16.5 Å². The highest BCUT2D eigenvalue weighted by molar-refractivity contribution is 6.01. The van der Waals surface area contributed by atoms with E-state index in [1.165, 1.54) is 49.3 Å². The second-order valence-electron chi connectivity index (χ2n) is 12.3. The summed E-state index contributed by atoms with van der Waals surface area (Å²) in [4.78, 5) is 13.8. The molecule has 4 fully saturated rings. The highest BCUT2D eigenvalue weighted by Crippen LogP contribution is 2.65. The number of carbonyl (C=O) groups is 1. The number of hydrogen-bond acceptors (Lipinski definition) is 2. The predicted octanol–water partition coefficient (Wildman–Crippen LogP) is 7.04. The van der Waals surface area contributed by atoms with Crippen LogP contribution in [-0.2, 0) is 0 Å². The number of aliphatic hydroxyl groups is 1. The van der Waals surface area contributed by atoms with Crippen LogP contribution in [0.25, 0.3) is 10.8 Å². The average molecular weight is 431 g/mol. The molecule has 32 heavy (non-hydrogen) atoms. The van der Waals surface area contributed by atoms with Crippen molar-refractivity contribution in [3.05, 3.63) is 48.0 Å². The van der Waals surface area contributed by atoms with Gasteiger partial charge in [-0.05, 0) is 117 Å². The minimum Gasteiger partial charge on any atom is -0.390 e. The molecule has 4 saturated carbocycles. The van der Waals surface area contributed by atoms with Crippen molar-refractivity contribution in [1.82, 2.24) is 0 Å². The van der Waals surface area contributed by atoms with Crippen molar-refractivity contribution in [1.29, 1.82) is 0 Å². The number of ketones is 1. The number of rotatable bonds is 2. The average Bonchev–Trinajstić information content (AvgIpc) is 3.14. The Morgan fingerprint density at radius 3 is 2.47 bits per heavy atom. The van der Waals surface area contributed by atoms with Crippen molar-refractivity contribution >= 4 is 16.6 Å². The molecule has 6 rings (SSSR count). The molecule has 2 heteroatoms. The van der Waals surface area contributed by atoms with E-state index in [0.29, 0.717) is 11.7 Å². The van der Waals surface area contributed by atoms with Crippen LogP contribution in [0, 0.1) is 40.9 Å². The molecule has 0 aromatic heterocycles. The fourth-order valence-corrected chi connectivity index (χ4v) is 9.06. The Morgan fingerprint density at radius 1 is 0.844 bits per heavy atom. The van der Waals surface area contributed by atoms with Gasteiger partial charge >= 0.3 is 0 Å². The van der Waals surface area contributed by atoms with Crippen LogP contribution in [0.1, 0.15) is 82.0 Å². The van der Waals surface area contributed by atoms with E-state index in [1.54, 1.807) is 0 Å². The monoisotopic (exact) mass is 430 g/mol. The second kappa shape index (κ2) is 7.42. The Labute approximate surface area is 192 Å². The third-order valence-corrected chi connectivity index (χ3v) is 10.6. The first-order valence-electron chi connectivity index (χ1n) is 13.1. The molecule has 2 aromatic rings. The highest BCUT2D eigenvalue weighted by Gasteiger charge is 2.58. The normalized spacial score (nSPS) is 43.3. The Hall–Kier alpha value is -1.67. The first-order valence-corrected chi connectivity index (χ1v) is 13.1. The van der Waals surface area contributed by atoms with Crippen LogP contribution in [0.2, 0.25) is 0 Å². The van der Waals surface area contributed by atoms with Gasteiger partial charge in [0, 0.05) is 11.5 Å². The maximum Gasteiger partial charge on any atom is 0.166 e. The molecule has 0 amide bonds. The molecule has 0 spiro atoms. The molecule has 2 aromatic carbocycles. The molecule has 0 bridgehead atoms. The largest absolute Gasteiger partial charge is 0.390 e. The molecule has 0 radical (unpaired) electrons. The lowest BCUT2D eigenvalue weighted by Gasteiger charge is -2.56. The van der Waals surface area contributed by atoms with Crippen molar-refractivity contribution in [3.8, 4) is 0 Å². The molecule has 2 nitrogen and oxygen atoms in total. The number of fused-ring (bicyclic) bond motifs is 6. The molecule has 0 unspecified atom stereocenters. The Morgan fingerprint density at radius 2 is 1.62 bits per heavy atom. The van der Waals surface area contributed by atoms with Gasteiger partial charge in [-0.2, -0.15) is 0 Å². The van der Waals surface area contributed by atoms with Crippen molar-refractivity contribution in [2.45, 2.75) is 77.2 Å². The highest BCUT2D eigenvalue weighted by atomic mass is 16.3. The van der Waals surface area contributed by atoms with Crippen molar-refractivity contribution in [2.24, 2.45) is 40.9 Å². The van der Waals surface area contributed by atoms with E-state index in [0.717, 1.165) is 48.5 Å². The molecule has 0 saturated heterocycles. The standard InChI is InChI=1S/C30H38O2/c1-29(32)15-13-23-22(18-29)9-10-25-24(23)14-16-30(2)26(25)11-12-27(30)28(31)21-8-7-19-5-3-4-6-20(19)17-21/h3-8,17,22-27,32H,9-16,18H2,1-2H3/t22-,23+,24-,25-,26+,27-,29-,30+/m1/s1. The Bertz CT molecular complexity index is 1040. The zero-order valence-electron chi connectivity index (χ0n) is 19.7. The van der Waals surface area contributed by atoms with Gasteiger partial charge in [-0.3, -0.25) is 4.79 Å². The summed E-state index contributed by atoms with van der Waals surface area (Å²) in [6.45, 7) is 4.51.